The Labute approximate surface area is 159 Å². The minimum absolute atomic E-state index is 0. The van der Waals surface area contributed by atoms with Crippen LogP contribution < -0.4 is 10.5 Å². The highest BCUT2D eigenvalue weighted by atomic mass is 35.5. The molecule has 3 N–H and O–H groups in total. The van der Waals surface area contributed by atoms with E-state index in [0.717, 1.165) is 25.7 Å². The molecular formula is C16H24Cl2N2O4S. The van der Waals surface area contributed by atoms with Gasteiger partial charge in [-0.1, -0.05) is 30.9 Å². The summed E-state index contributed by atoms with van der Waals surface area (Å²) in [6.07, 6.45) is 5.34. The van der Waals surface area contributed by atoms with E-state index < -0.39 is 16.0 Å². The molecule has 9 heteroatoms. The molecule has 25 heavy (non-hydrogen) atoms. The first kappa shape index (κ1) is 22.2. The Morgan fingerprint density at radius 1 is 1.36 bits per heavy atom. The van der Waals surface area contributed by atoms with Gasteiger partial charge in [-0.05, 0) is 37.0 Å². The molecule has 142 valence electrons. The smallest absolute Gasteiger partial charge is 0.339 e. The molecule has 0 radical (unpaired) electrons. The molecule has 1 atom stereocenters. The number of esters is 1. The summed E-state index contributed by atoms with van der Waals surface area (Å²) in [5.74, 6) is -0.359. The number of halogens is 2. The van der Waals surface area contributed by atoms with Gasteiger partial charge in [0, 0.05) is 12.6 Å². The van der Waals surface area contributed by atoms with Crippen LogP contribution in [0.15, 0.2) is 23.1 Å². The topological polar surface area (TPSA) is 98.5 Å². The second-order valence-corrected chi connectivity index (χ2v) is 8.12. The van der Waals surface area contributed by atoms with Crippen LogP contribution in [0, 0.1) is 5.92 Å². The average Bonchev–Trinajstić information content (AvgIpc) is 2.59. The number of nitrogens with two attached hydrogens (primary N) is 1. The van der Waals surface area contributed by atoms with Crippen LogP contribution in [-0.4, -0.2) is 34.1 Å². The zero-order valence-corrected chi connectivity index (χ0v) is 16.4. The summed E-state index contributed by atoms with van der Waals surface area (Å²) >= 11 is 6.01. The Bertz CT molecular complexity index is 691. The first-order valence-electron chi connectivity index (χ1n) is 7.99. The van der Waals surface area contributed by atoms with Gasteiger partial charge in [0.05, 0.1) is 22.6 Å². The fourth-order valence-corrected chi connectivity index (χ4v) is 4.75. The first-order valence-corrected chi connectivity index (χ1v) is 9.85. The summed E-state index contributed by atoms with van der Waals surface area (Å²) < 4.78 is 32.5. The molecule has 1 aromatic rings. The van der Waals surface area contributed by atoms with Crippen LogP contribution in [0.25, 0.3) is 0 Å². The van der Waals surface area contributed by atoms with E-state index in [0.29, 0.717) is 0 Å². The Morgan fingerprint density at radius 3 is 2.52 bits per heavy atom. The summed E-state index contributed by atoms with van der Waals surface area (Å²) in [5.41, 5.74) is 5.91. The van der Waals surface area contributed by atoms with Gasteiger partial charge < -0.3 is 10.5 Å². The lowest BCUT2D eigenvalue weighted by atomic mass is 9.84. The molecule has 0 aromatic heterocycles. The molecule has 1 fully saturated rings. The summed E-state index contributed by atoms with van der Waals surface area (Å²) in [5, 5.41) is 0.0340. The molecule has 0 aliphatic heterocycles. The zero-order chi connectivity index (χ0) is 17.7. The highest BCUT2D eigenvalue weighted by molar-refractivity contribution is 7.89. The van der Waals surface area contributed by atoms with Gasteiger partial charge in [-0.2, -0.15) is 0 Å². The Kier molecular flexibility index (Phi) is 8.63. The molecule has 0 bridgehead atoms. The quantitative estimate of drug-likeness (QED) is 0.702. The van der Waals surface area contributed by atoms with Crippen LogP contribution in [0.3, 0.4) is 0 Å². The van der Waals surface area contributed by atoms with Crippen LogP contribution in [0.4, 0.5) is 0 Å². The largest absolute Gasteiger partial charge is 0.465 e. The second kappa shape index (κ2) is 9.73. The molecule has 1 aliphatic rings. The normalized spacial score (nSPS) is 16.8. The number of benzene rings is 1. The lowest BCUT2D eigenvalue weighted by Gasteiger charge is -2.29. The minimum atomic E-state index is -3.76. The molecule has 0 heterocycles. The predicted octanol–water partition coefficient (Wildman–Crippen LogP) is 2.73. The number of methoxy groups -OCH3 is 1. The third-order valence-corrected chi connectivity index (χ3v) is 6.24. The summed E-state index contributed by atoms with van der Waals surface area (Å²) in [6, 6.07) is 3.65. The fraction of sp³-hybridized carbons (Fsp3) is 0.562. The number of ether oxygens (including phenoxy) is 1. The molecule has 1 unspecified atom stereocenters. The molecule has 0 spiro atoms. The molecule has 0 saturated heterocycles. The maximum atomic E-state index is 12.6. The van der Waals surface area contributed by atoms with Crippen molar-refractivity contribution in [2.24, 2.45) is 11.7 Å². The van der Waals surface area contributed by atoms with E-state index in [4.69, 9.17) is 17.3 Å². The third kappa shape index (κ3) is 5.56. The average molecular weight is 411 g/mol. The van der Waals surface area contributed by atoms with Gasteiger partial charge in [-0.15, -0.1) is 12.4 Å². The maximum absolute atomic E-state index is 12.6. The van der Waals surface area contributed by atoms with E-state index in [1.54, 1.807) is 0 Å². The summed E-state index contributed by atoms with van der Waals surface area (Å²) in [4.78, 5) is 11.5. The van der Waals surface area contributed by atoms with E-state index in [2.05, 4.69) is 9.46 Å². The third-order valence-electron chi connectivity index (χ3n) is 4.44. The van der Waals surface area contributed by atoms with Crippen molar-refractivity contribution in [2.45, 2.75) is 43.0 Å². The van der Waals surface area contributed by atoms with Crippen molar-refractivity contribution in [1.29, 1.82) is 0 Å². The first-order chi connectivity index (χ1) is 11.4. The molecular weight excluding hydrogens is 387 g/mol. The Balaban J connectivity index is 0.00000312. The zero-order valence-electron chi connectivity index (χ0n) is 14.0. The number of carbonyl (C=O) groups excluding carboxylic acids is 1. The van der Waals surface area contributed by atoms with Gasteiger partial charge in [-0.3, -0.25) is 0 Å². The van der Waals surface area contributed by atoms with Gasteiger partial charge in [-0.25, -0.2) is 17.9 Å². The van der Waals surface area contributed by atoms with Gasteiger partial charge >= 0.3 is 5.97 Å². The molecule has 1 aromatic carbocycles. The number of hydrogen-bond acceptors (Lipinski definition) is 5. The Hall–Kier alpha value is -0.860. The number of carbonyl (C=O) groups is 1. The standard InChI is InChI=1S/C16H23ClN2O4S.ClH/c1-23-16(20)13-8-7-12(9-14(13)17)24(21,22)19-15(10-18)11-5-3-2-4-6-11;/h7-9,11,15,19H,2-6,10,18H2,1H3;1H. The lowest BCUT2D eigenvalue weighted by molar-refractivity contribution is 0.0601. The summed E-state index contributed by atoms with van der Waals surface area (Å²) in [7, 11) is -2.52. The fourth-order valence-electron chi connectivity index (χ4n) is 3.08. The maximum Gasteiger partial charge on any atom is 0.339 e. The van der Waals surface area contributed by atoms with Crippen molar-refractivity contribution >= 4 is 40.0 Å². The van der Waals surface area contributed by atoms with E-state index in [1.807, 2.05) is 0 Å². The molecule has 1 saturated carbocycles. The van der Waals surface area contributed by atoms with Gasteiger partial charge in [0.2, 0.25) is 10.0 Å². The second-order valence-electron chi connectivity index (χ2n) is 5.99. The van der Waals surface area contributed by atoms with Crippen molar-refractivity contribution in [3.8, 4) is 0 Å². The van der Waals surface area contributed by atoms with Gasteiger partial charge in [0.25, 0.3) is 0 Å². The van der Waals surface area contributed by atoms with Crippen LogP contribution in [-0.2, 0) is 14.8 Å². The van der Waals surface area contributed by atoms with E-state index >= 15 is 0 Å². The van der Waals surface area contributed by atoms with Gasteiger partial charge in [0.15, 0.2) is 0 Å². The van der Waals surface area contributed by atoms with Crippen molar-refractivity contribution in [1.82, 2.24) is 4.72 Å². The Morgan fingerprint density at radius 2 is 2.00 bits per heavy atom. The van der Waals surface area contributed by atoms with Crippen molar-refractivity contribution in [3.05, 3.63) is 28.8 Å². The van der Waals surface area contributed by atoms with Crippen LogP contribution in [0.2, 0.25) is 5.02 Å². The number of sulfonamides is 1. The van der Waals surface area contributed by atoms with Crippen molar-refractivity contribution in [2.75, 3.05) is 13.7 Å². The van der Waals surface area contributed by atoms with Crippen LogP contribution in [0.1, 0.15) is 42.5 Å². The SMILES string of the molecule is COC(=O)c1ccc(S(=O)(=O)NC(CN)C2CCCCC2)cc1Cl.Cl. The van der Waals surface area contributed by atoms with E-state index in [-0.39, 0.29) is 46.4 Å². The summed E-state index contributed by atoms with van der Waals surface area (Å²) in [6.45, 7) is 0.248. The van der Waals surface area contributed by atoms with Crippen molar-refractivity contribution in [3.63, 3.8) is 0 Å². The number of hydrogen-bond donors (Lipinski definition) is 2. The highest BCUT2D eigenvalue weighted by Gasteiger charge is 2.28. The highest BCUT2D eigenvalue weighted by Crippen LogP contribution is 2.28. The monoisotopic (exact) mass is 410 g/mol. The minimum Gasteiger partial charge on any atom is -0.465 e. The van der Waals surface area contributed by atoms with Crippen LogP contribution >= 0.6 is 24.0 Å². The molecule has 0 amide bonds. The molecule has 2 rings (SSSR count). The predicted molar refractivity (Wildman–Crippen MR) is 99.8 cm³/mol. The molecule has 1 aliphatic carbocycles. The van der Waals surface area contributed by atoms with Gasteiger partial charge in [0.1, 0.15) is 0 Å². The number of rotatable bonds is 6. The number of nitrogens with one attached hydrogen (secondary N) is 1. The van der Waals surface area contributed by atoms with E-state index in [9.17, 15) is 13.2 Å². The van der Waals surface area contributed by atoms with Crippen molar-refractivity contribution < 1.29 is 17.9 Å². The molecule has 6 nitrogen and oxygen atoms in total. The lowest BCUT2D eigenvalue weighted by Crippen LogP contribution is -2.45. The van der Waals surface area contributed by atoms with E-state index in [1.165, 1.54) is 31.7 Å². The van der Waals surface area contributed by atoms with Crippen LogP contribution in [0.5, 0.6) is 0 Å².